The van der Waals surface area contributed by atoms with E-state index in [1.54, 1.807) is 0 Å². The second-order valence-corrected chi connectivity index (χ2v) is 8.71. The van der Waals surface area contributed by atoms with Crippen molar-refractivity contribution in [3.63, 3.8) is 0 Å². The van der Waals surface area contributed by atoms with Gasteiger partial charge in [-0.05, 0) is 66.1 Å². The number of para-hydroxylation sites is 1. The number of aryl methyl sites for hydroxylation is 1. The number of hydrogen-bond acceptors (Lipinski definition) is 1. The highest BCUT2D eigenvalue weighted by Crippen LogP contribution is 2.41. The van der Waals surface area contributed by atoms with Crippen molar-refractivity contribution in [1.82, 2.24) is 4.57 Å². The molecule has 2 nitrogen and oxygen atoms in total. The molecule has 0 bridgehead atoms. The fourth-order valence-corrected chi connectivity index (χ4v) is 5.14. The highest BCUT2D eigenvalue weighted by atomic mass is 16.3. The van der Waals surface area contributed by atoms with Crippen LogP contribution in [-0.4, -0.2) is 4.57 Å². The monoisotopic (exact) mass is 423 g/mol. The van der Waals surface area contributed by atoms with Gasteiger partial charge in [-0.25, -0.2) is 0 Å². The average molecular weight is 424 g/mol. The van der Waals surface area contributed by atoms with Crippen molar-refractivity contribution in [3.8, 4) is 16.8 Å². The molecule has 0 spiro atoms. The van der Waals surface area contributed by atoms with E-state index in [0.717, 1.165) is 38.5 Å². The Morgan fingerprint density at radius 3 is 2.27 bits per heavy atom. The molecular formula is C31H21NO. The minimum Gasteiger partial charge on any atom is -0.455 e. The number of rotatable bonds is 2. The summed E-state index contributed by atoms with van der Waals surface area (Å²) in [7, 11) is 0. The number of aromatic nitrogens is 1. The van der Waals surface area contributed by atoms with Crippen molar-refractivity contribution in [1.29, 1.82) is 0 Å². The molecule has 0 saturated carbocycles. The first-order valence-corrected chi connectivity index (χ1v) is 11.3. The van der Waals surface area contributed by atoms with Gasteiger partial charge in [0.15, 0.2) is 0 Å². The summed E-state index contributed by atoms with van der Waals surface area (Å²) < 4.78 is 8.84. The lowest BCUT2D eigenvalue weighted by molar-refractivity contribution is 0.673. The van der Waals surface area contributed by atoms with E-state index in [9.17, 15) is 0 Å². The first-order chi connectivity index (χ1) is 16.3. The second kappa shape index (κ2) is 6.85. The van der Waals surface area contributed by atoms with Crippen LogP contribution in [0.4, 0.5) is 0 Å². The molecule has 0 aliphatic rings. The van der Waals surface area contributed by atoms with Crippen LogP contribution in [0.3, 0.4) is 0 Å². The minimum atomic E-state index is 0.927. The Bertz CT molecular complexity index is 1820. The van der Waals surface area contributed by atoms with Crippen LogP contribution in [0.25, 0.3) is 60.6 Å². The zero-order valence-electron chi connectivity index (χ0n) is 18.2. The molecule has 2 heteroatoms. The molecule has 156 valence electrons. The highest BCUT2D eigenvalue weighted by Gasteiger charge is 2.19. The van der Waals surface area contributed by atoms with E-state index in [0.29, 0.717) is 0 Å². The third-order valence-electron chi connectivity index (χ3n) is 6.64. The van der Waals surface area contributed by atoms with Crippen LogP contribution in [0, 0.1) is 6.92 Å². The van der Waals surface area contributed by atoms with Crippen LogP contribution < -0.4 is 0 Å². The molecule has 0 atom stereocenters. The van der Waals surface area contributed by atoms with Gasteiger partial charge in [0.25, 0.3) is 0 Å². The molecular weight excluding hydrogens is 402 g/mol. The van der Waals surface area contributed by atoms with Crippen molar-refractivity contribution in [2.45, 2.75) is 6.92 Å². The van der Waals surface area contributed by atoms with Crippen molar-refractivity contribution >= 4 is 43.7 Å². The molecule has 5 aromatic carbocycles. The van der Waals surface area contributed by atoms with E-state index in [4.69, 9.17) is 4.42 Å². The quantitative estimate of drug-likeness (QED) is 0.272. The Kier molecular flexibility index (Phi) is 3.80. The largest absolute Gasteiger partial charge is 0.455 e. The fraction of sp³-hybridized carbons (Fsp3) is 0.0323. The predicted molar refractivity (Wildman–Crippen MR) is 138 cm³/mol. The molecule has 0 saturated heterocycles. The van der Waals surface area contributed by atoms with E-state index < -0.39 is 0 Å². The first-order valence-electron chi connectivity index (χ1n) is 11.3. The maximum Gasteiger partial charge on any atom is 0.145 e. The van der Waals surface area contributed by atoms with Crippen LogP contribution >= 0.6 is 0 Å². The lowest BCUT2D eigenvalue weighted by Crippen LogP contribution is -1.94. The number of fused-ring (bicyclic) bond motifs is 7. The minimum absolute atomic E-state index is 0.927. The lowest BCUT2D eigenvalue weighted by atomic mass is 10.0. The topological polar surface area (TPSA) is 18.1 Å². The molecule has 2 heterocycles. The molecule has 0 unspecified atom stereocenters. The van der Waals surface area contributed by atoms with Gasteiger partial charge >= 0.3 is 0 Å². The third-order valence-corrected chi connectivity index (χ3v) is 6.64. The van der Waals surface area contributed by atoms with E-state index in [2.05, 4.69) is 115 Å². The van der Waals surface area contributed by atoms with Crippen LogP contribution in [0.15, 0.2) is 114 Å². The van der Waals surface area contributed by atoms with E-state index in [1.807, 2.05) is 6.07 Å². The summed E-state index contributed by atoms with van der Waals surface area (Å²) in [6.07, 6.45) is 0. The summed E-state index contributed by atoms with van der Waals surface area (Å²) in [5.74, 6) is 0. The molecule has 0 radical (unpaired) electrons. The molecule has 0 aliphatic heterocycles. The maximum atomic E-state index is 6.48. The molecule has 0 amide bonds. The molecule has 0 N–H and O–H groups in total. The third kappa shape index (κ3) is 2.68. The van der Waals surface area contributed by atoms with Crippen LogP contribution in [0.5, 0.6) is 0 Å². The van der Waals surface area contributed by atoms with Gasteiger partial charge < -0.3 is 8.98 Å². The zero-order valence-corrected chi connectivity index (χ0v) is 18.2. The van der Waals surface area contributed by atoms with Gasteiger partial charge in [0.05, 0.1) is 16.4 Å². The maximum absolute atomic E-state index is 6.48. The lowest BCUT2D eigenvalue weighted by Gasteiger charge is -2.09. The Balaban J connectivity index is 1.67. The molecule has 0 aliphatic carbocycles. The normalized spacial score (nSPS) is 11.8. The molecule has 7 rings (SSSR count). The Morgan fingerprint density at radius 2 is 1.39 bits per heavy atom. The van der Waals surface area contributed by atoms with Crippen molar-refractivity contribution in [2.75, 3.05) is 0 Å². The standard InChI is InChI=1S/C31H21NO/c1-20-8-7-11-23(18-20)32-27-16-14-22(21-9-3-2-4-10-21)19-26(27)30-28(32)17-15-25-24-12-5-6-13-29(24)33-31(25)30/h2-19H,1H3. The van der Waals surface area contributed by atoms with Gasteiger partial charge in [-0.3, -0.25) is 0 Å². The van der Waals surface area contributed by atoms with Gasteiger partial charge in [-0.1, -0.05) is 66.7 Å². The SMILES string of the molecule is Cc1cccc(-n2c3ccc(-c4ccccc4)cc3c3c4oc5ccccc5c4ccc32)c1. The number of nitrogens with zero attached hydrogens (tertiary/aromatic N) is 1. The van der Waals surface area contributed by atoms with Crippen molar-refractivity contribution < 1.29 is 4.42 Å². The summed E-state index contributed by atoms with van der Waals surface area (Å²) >= 11 is 0. The van der Waals surface area contributed by atoms with Gasteiger partial charge in [0.2, 0.25) is 0 Å². The van der Waals surface area contributed by atoms with Crippen molar-refractivity contribution in [2.24, 2.45) is 0 Å². The van der Waals surface area contributed by atoms with Crippen molar-refractivity contribution in [3.05, 3.63) is 115 Å². The summed E-state index contributed by atoms with van der Waals surface area (Å²) in [6, 6.07) is 38.8. The van der Waals surface area contributed by atoms with Crippen LogP contribution in [0.1, 0.15) is 5.56 Å². The molecule has 33 heavy (non-hydrogen) atoms. The fourth-order valence-electron chi connectivity index (χ4n) is 5.14. The average Bonchev–Trinajstić information content (AvgIpc) is 3.39. The predicted octanol–water partition coefficient (Wildman–Crippen LogP) is 8.66. The Labute approximate surface area is 191 Å². The Morgan fingerprint density at radius 1 is 0.576 bits per heavy atom. The second-order valence-electron chi connectivity index (χ2n) is 8.71. The van der Waals surface area contributed by atoms with Gasteiger partial charge in [0, 0.05) is 21.8 Å². The first kappa shape index (κ1) is 18.3. The zero-order chi connectivity index (χ0) is 21.9. The summed E-state index contributed by atoms with van der Waals surface area (Å²) in [5.41, 5.74) is 9.06. The van der Waals surface area contributed by atoms with E-state index in [-0.39, 0.29) is 0 Å². The number of hydrogen-bond donors (Lipinski definition) is 0. The van der Waals surface area contributed by atoms with Gasteiger partial charge in [-0.2, -0.15) is 0 Å². The van der Waals surface area contributed by atoms with E-state index >= 15 is 0 Å². The van der Waals surface area contributed by atoms with Crippen LogP contribution in [0.2, 0.25) is 0 Å². The van der Waals surface area contributed by atoms with Crippen LogP contribution in [-0.2, 0) is 0 Å². The highest BCUT2D eigenvalue weighted by molar-refractivity contribution is 6.24. The van der Waals surface area contributed by atoms with Gasteiger partial charge in [0.1, 0.15) is 11.2 Å². The Hall–Kier alpha value is -4.30. The number of benzene rings is 5. The summed E-state index contributed by atoms with van der Waals surface area (Å²) in [4.78, 5) is 0. The number of furan rings is 1. The molecule has 2 aromatic heterocycles. The molecule has 7 aromatic rings. The molecule has 0 fully saturated rings. The smallest absolute Gasteiger partial charge is 0.145 e. The summed E-state index contributed by atoms with van der Waals surface area (Å²) in [6.45, 7) is 2.14. The van der Waals surface area contributed by atoms with E-state index in [1.165, 1.54) is 27.6 Å². The summed E-state index contributed by atoms with van der Waals surface area (Å²) in [5, 5.41) is 4.69. The van der Waals surface area contributed by atoms with Gasteiger partial charge in [-0.15, -0.1) is 0 Å².